The zero-order valence-corrected chi connectivity index (χ0v) is 17.2. The Balaban J connectivity index is 0.00000208. The first-order valence-electron chi connectivity index (χ1n) is 7.32. The Morgan fingerprint density at radius 2 is 1.83 bits per heavy atom. The maximum absolute atomic E-state index is 4.67. The Kier molecular flexibility index (Phi) is 7.67. The van der Waals surface area contributed by atoms with E-state index in [0.29, 0.717) is 6.54 Å². The van der Waals surface area contributed by atoms with Gasteiger partial charge in [-0.3, -0.25) is 4.99 Å². The smallest absolute Gasteiger partial charge is 0.191 e. The second kappa shape index (κ2) is 9.75. The summed E-state index contributed by atoms with van der Waals surface area (Å²) in [6.07, 6.45) is 0. The fraction of sp³-hybridized carbons (Fsp3) is 0.176. The first-order valence-corrected chi connectivity index (χ1v) is 9.08. The first kappa shape index (κ1) is 18.9. The van der Waals surface area contributed by atoms with Gasteiger partial charge in [0.25, 0.3) is 0 Å². The van der Waals surface area contributed by atoms with Crippen molar-refractivity contribution in [2.75, 3.05) is 7.05 Å². The fourth-order valence-electron chi connectivity index (χ4n) is 2.08. The van der Waals surface area contributed by atoms with Crippen molar-refractivity contribution < 1.29 is 0 Å². The highest BCUT2D eigenvalue weighted by atomic mass is 127. The molecule has 2 N–H and O–H groups in total. The first-order chi connectivity index (χ1) is 11.3. The predicted octanol–water partition coefficient (Wildman–Crippen LogP) is 4.35. The number of nitrogens with zero attached hydrogens (tertiary/aromatic N) is 2. The van der Waals surface area contributed by atoms with Crippen molar-refractivity contribution >= 4 is 52.6 Å². The van der Waals surface area contributed by atoms with Gasteiger partial charge in [-0.2, -0.15) is 0 Å². The molecule has 24 heavy (non-hydrogen) atoms. The summed E-state index contributed by atoms with van der Waals surface area (Å²) in [5.74, 6) is 0.785. The molecule has 0 bridgehead atoms. The van der Waals surface area contributed by atoms with E-state index in [2.05, 4.69) is 55.6 Å². The molecular formula is C17H19IN4S2. The lowest BCUT2D eigenvalue weighted by Gasteiger charge is -2.09. The van der Waals surface area contributed by atoms with Gasteiger partial charge < -0.3 is 10.6 Å². The maximum Gasteiger partial charge on any atom is 0.191 e. The number of guanidine groups is 1. The Bertz CT molecular complexity index is 754. The zero-order chi connectivity index (χ0) is 15.9. The van der Waals surface area contributed by atoms with Crippen LogP contribution >= 0.6 is 46.7 Å². The van der Waals surface area contributed by atoms with Crippen LogP contribution in [-0.4, -0.2) is 18.0 Å². The van der Waals surface area contributed by atoms with Crippen molar-refractivity contribution in [3.63, 3.8) is 0 Å². The quantitative estimate of drug-likeness (QED) is 0.331. The van der Waals surface area contributed by atoms with Crippen LogP contribution in [0.3, 0.4) is 0 Å². The number of aliphatic imine (C=N–C) groups is 1. The van der Waals surface area contributed by atoms with E-state index in [-0.39, 0.29) is 24.0 Å². The topological polar surface area (TPSA) is 49.3 Å². The van der Waals surface area contributed by atoms with Gasteiger partial charge in [-0.25, -0.2) is 4.98 Å². The Hall–Kier alpha value is -1.45. The number of nitrogens with one attached hydrogen (secondary N) is 2. The molecule has 0 aliphatic heterocycles. The predicted molar refractivity (Wildman–Crippen MR) is 114 cm³/mol. The molecule has 0 unspecified atom stereocenters. The molecule has 0 atom stereocenters. The average Bonchev–Trinajstić information content (AvgIpc) is 3.27. The van der Waals surface area contributed by atoms with Crippen LogP contribution in [0.15, 0.2) is 58.2 Å². The van der Waals surface area contributed by atoms with Gasteiger partial charge in [-0.15, -0.1) is 46.7 Å². The highest BCUT2D eigenvalue weighted by molar-refractivity contribution is 14.0. The molecule has 4 nitrogen and oxygen atoms in total. The van der Waals surface area contributed by atoms with Gasteiger partial charge in [0, 0.05) is 22.9 Å². The summed E-state index contributed by atoms with van der Waals surface area (Å²) in [7, 11) is 1.78. The van der Waals surface area contributed by atoms with Crippen LogP contribution in [0.4, 0.5) is 0 Å². The molecule has 0 spiro atoms. The van der Waals surface area contributed by atoms with Gasteiger partial charge in [0.05, 0.1) is 18.8 Å². The minimum absolute atomic E-state index is 0. The van der Waals surface area contributed by atoms with E-state index in [4.69, 9.17) is 0 Å². The SMILES string of the molecule is CN=C(NCc1csc(-c2ccccc2)n1)NCc1cccs1.I. The van der Waals surface area contributed by atoms with Crippen molar-refractivity contribution in [2.45, 2.75) is 13.1 Å². The van der Waals surface area contributed by atoms with Crippen LogP contribution in [0.5, 0.6) is 0 Å². The van der Waals surface area contributed by atoms with E-state index in [1.54, 1.807) is 29.7 Å². The number of halogens is 1. The number of hydrogen-bond acceptors (Lipinski definition) is 4. The van der Waals surface area contributed by atoms with Crippen molar-refractivity contribution in [3.8, 4) is 10.6 Å². The van der Waals surface area contributed by atoms with Crippen LogP contribution in [0.1, 0.15) is 10.6 Å². The number of thiazole rings is 1. The van der Waals surface area contributed by atoms with Gasteiger partial charge in [-0.05, 0) is 11.4 Å². The van der Waals surface area contributed by atoms with Crippen LogP contribution < -0.4 is 10.6 Å². The van der Waals surface area contributed by atoms with Crippen LogP contribution in [-0.2, 0) is 13.1 Å². The summed E-state index contributed by atoms with van der Waals surface area (Å²) in [6, 6.07) is 14.4. The summed E-state index contributed by atoms with van der Waals surface area (Å²) >= 11 is 3.40. The maximum atomic E-state index is 4.67. The summed E-state index contributed by atoms with van der Waals surface area (Å²) in [4.78, 5) is 10.2. The minimum atomic E-state index is 0. The van der Waals surface area contributed by atoms with E-state index < -0.39 is 0 Å². The minimum Gasteiger partial charge on any atom is -0.352 e. The van der Waals surface area contributed by atoms with Crippen molar-refractivity contribution in [3.05, 3.63) is 63.8 Å². The molecule has 3 aromatic rings. The second-order valence-electron chi connectivity index (χ2n) is 4.87. The third kappa shape index (κ3) is 5.29. The molecule has 7 heteroatoms. The van der Waals surface area contributed by atoms with Crippen LogP contribution in [0.25, 0.3) is 10.6 Å². The third-order valence-corrected chi connectivity index (χ3v) is 5.06. The van der Waals surface area contributed by atoms with Crippen molar-refractivity contribution in [2.24, 2.45) is 4.99 Å². The lowest BCUT2D eigenvalue weighted by Crippen LogP contribution is -2.36. The molecule has 0 saturated heterocycles. The van der Waals surface area contributed by atoms with Gasteiger partial charge in [-0.1, -0.05) is 36.4 Å². The molecule has 0 saturated carbocycles. The van der Waals surface area contributed by atoms with Crippen LogP contribution in [0.2, 0.25) is 0 Å². The fourth-order valence-corrected chi connectivity index (χ4v) is 3.55. The molecule has 0 aliphatic rings. The van der Waals surface area contributed by atoms with E-state index in [1.165, 1.54) is 4.88 Å². The van der Waals surface area contributed by atoms with Gasteiger partial charge in [0.15, 0.2) is 5.96 Å². The molecule has 2 aromatic heterocycles. The number of hydrogen-bond donors (Lipinski definition) is 2. The molecule has 0 fully saturated rings. The summed E-state index contributed by atoms with van der Waals surface area (Å²) in [6.45, 7) is 1.44. The molecule has 126 valence electrons. The second-order valence-corrected chi connectivity index (χ2v) is 6.76. The van der Waals surface area contributed by atoms with Gasteiger partial charge in [0.1, 0.15) is 5.01 Å². The van der Waals surface area contributed by atoms with E-state index in [9.17, 15) is 0 Å². The van der Waals surface area contributed by atoms with Crippen molar-refractivity contribution in [1.29, 1.82) is 0 Å². The summed E-state index contributed by atoms with van der Waals surface area (Å²) in [5, 5.41) is 11.8. The standard InChI is InChI=1S/C17H18N4S2.HI/c1-18-17(20-11-15-8-5-9-22-15)19-10-14-12-23-16(21-14)13-6-3-2-4-7-13;/h2-9,12H,10-11H2,1H3,(H2,18,19,20);1H. The molecule has 0 amide bonds. The normalized spacial score (nSPS) is 11.0. The largest absolute Gasteiger partial charge is 0.352 e. The molecule has 2 heterocycles. The molecule has 0 aliphatic carbocycles. The lowest BCUT2D eigenvalue weighted by atomic mass is 10.2. The van der Waals surface area contributed by atoms with E-state index in [0.717, 1.165) is 28.8 Å². The average molecular weight is 470 g/mol. The van der Waals surface area contributed by atoms with Gasteiger partial charge in [0.2, 0.25) is 0 Å². The Morgan fingerprint density at radius 1 is 1.04 bits per heavy atom. The van der Waals surface area contributed by atoms with Gasteiger partial charge >= 0.3 is 0 Å². The highest BCUT2D eigenvalue weighted by Crippen LogP contribution is 2.23. The number of thiophene rings is 1. The third-order valence-electron chi connectivity index (χ3n) is 3.24. The zero-order valence-electron chi connectivity index (χ0n) is 13.2. The molecule has 0 radical (unpaired) electrons. The summed E-state index contributed by atoms with van der Waals surface area (Å²) in [5.41, 5.74) is 2.18. The van der Waals surface area contributed by atoms with E-state index in [1.807, 2.05) is 18.2 Å². The Labute approximate surface area is 167 Å². The van der Waals surface area contributed by atoms with Crippen molar-refractivity contribution in [1.82, 2.24) is 15.6 Å². The number of benzene rings is 1. The monoisotopic (exact) mass is 470 g/mol. The van der Waals surface area contributed by atoms with E-state index >= 15 is 0 Å². The Morgan fingerprint density at radius 3 is 2.54 bits per heavy atom. The van der Waals surface area contributed by atoms with Crippen LogP contribution in [0, 0.1) is 0 Å². The highest BCUT2D eigenvalue weighted by Gasteiger charge is 2.05. The summed E-state index contributed by atoms with van der Waals surface area (Å²) < 4.78 is 0. The number of aromatic nitrogens is 1. The molecular weight excluding hydrogens is 451 g/mol. The number of rotatable bonds is 5. The lowest BCUT2D eigenvalue weighted by molar-refractivity contribution is 0.804. The molecule has 3 rings (SSSR count). The molecule has 1 aromatic carbocycles.